The van der Waals surface area contributed by atoms with Crippen LogP contribution in [0.3, 0.4) is 0 Å². The molecule has 0 aromatic heterocycles. The fourth-order valence-electron chi connectivity index (χ4n) is 11.0. The summed E-state index contributed by atoms with van der Waals surface area (Å²) in [5.41, 5.74) is 0.142. The second kappa shape index (κ2) is 25.3. The molecule has 22 rings (SSSR count). The van der Waals surface area contributed by atoms with Crippen LogP contribution in [-0.4, -0.2) is 295 Å². The molecular weight excluding hydrogens is 2060 g/mol. The average Bonchev–Trinajstić information content (AvgIpc) is 3.07. The molecule has 0 spiro atoms. The van der Waals surface area contributed by atoms with Crippen molar-refractivity contribution in [3.05, 3.63) is 0 Å². The minimum atomic E-state index is -1.98. The van der Waals surface area contributed by atoms with Crippen LogP contribution < -0.4 is 0 Å². The molecule has 84 heavy (non-hydrogen) atoms. The third-order valence-electron chi connectivity index (χ3n) is 13.1. The Morgan fingerprint density at radius 2 is 0.226 bits per heavy atom. The first kappa shape index (κ1) is 82.2. The maximum atomic E-state index is 4.34. The van der Waals surface area contributed by atoms with Gasteiger partial charge in [-0.15, -0.1) is 0 Å². The number of hydrogen-bond donors (Lipinski definition) is 0. The van der Waals surface area contributed by atoms with Crippen LogP contribution in [0, 0.1) is 0 Å². The van der Waals surface area contributed by atoms with E-state index in [1.807, 2.05) is 0 Å². The monoisotopic (exact) mass is 2180 g/mol. The zero-order valence-corrected chi connectivity index (χ0v) is 88.9. The first-order valence-electron chi connectivity index (χ1n) is 28.8. The molecular formula is C48H108N12P12Se12. The molecule has 22 aliphatic heterocycles. The van der Waals surface area contributed by atoms with Crippen molar-refractivity contribution in [2.75, 3.05) is 0 Å². The first-order chi connectivity index (χ1) is 36.5. The summed E-state index contributed by atoms with van der Waals surface area (Å²) in [6.45, 7) is 89.6. The van der Waals surface area contributed by atoms with Crippen LogP contribution in [0.1, 0.15) is 249 Å². The summed E-state index contributed by atoms with van der Waals surface area (Å²) in [4.78, 5) is 0. The summed E-state index contributed by atoms with van der Waals surface area (Å²) in [7, 11) is 0. The molecule has 0 radical (unpaired) electrons. The Kier molecular flexibility index (Phi) is 24.8. The molecule has 22 heterocycles. The Hall–Kier alpha value is 10.9. The number of nitrogens with zero attached hydrogens (tertiary/aromatic N) is 12. The van der Waals surface area contributed by atoms with Gasteiger partial charge in [0.2, 0.25) is 0 Å². The van der Waals surface area contributed by atoms with Crippen LogP contribution >= 0.6 is 68.5 Å². The zero-order valence-electron chi connectivity index (χ0n) is 57.6. The molecule has 22 fully saturated rings. The summed E-state index contributed by atoms with van der Waals surface area (Å²) in [5, 5.41) is 0. The quantitative estimate of drug-likeness (QED) is 0.171. The minimum absolute atomic E-state index is 0.0119. The molecule has 0 N–H and O–H groups in total. The van der Waals surface area contributed by atoms with Crippen LogP contribution in [-0.2, 0) is 0 Å². The van der Waals surface area contributed by atoms with Gasteiger partial charge >= 0.3 is 613 Å². The van der Waals surface area contributed by atoms with Crippen LogP contribution in [0.25, 0.3) is 0 Å². The van der Waals surface area contributed by atoms with Gasteiger partial charge < -0.3 is 0 Å². The fourth-order valence-corrected chi connectivity index (χ4v) is 337. The van der Waals surface area contributed by atoms with Crippen LogP contribution in [0.4, 0.5) is 0 Å². The van der Waals surface area contributed by atoms with Crippen molar-refractivity contribution in [2.45, 2.75) is 316 Å². The van der Waals surface area contributed by atoms with Crippen LogP contribution in [0.2, 0.25) is 0 Å². The maximum absolute atomic E-state index is 4.34. The van der Waals surface area contributed by atoms with Crippen molar-refractivity contribution in [3.63, 3.8) is 0 Å². The Morgan fingerprint density at radius 3 is 0.274 bits per heavy atom. The first-order valence-corrected chi connectivity index (χ1v) is 86.3. The van der Waals surface area contributed by atoms with Crippen molar-refractivity contribution in [1.82, 2.24) is 53.3 Å². The van der Waals surface area contributed by atoms with Crippen LogP contribution in [0.5, 0.6) is 0 Å². The van der Waals surface area contributed by atoms with Crippen LogP contribution in [0.15, 0.2) is 0 Å². The van der Waals surface area contributed by atoms with Gasteiger partial charge in [-0.05, 0) is 0 Å². The molecule has 0 aliphatic carbocycles. The molecule has 0 unspecified atom stereocenters. The molecule has 0 saturated carbocycles. The van der Waals surface area contributed by atoms with Crippen molar-refractivity contribution in [2.24, 2.45) is 0 Å². The molecule has 36 heteroatoms. The third kappa shape index (κ3) is 14.5. The molecule has 492 valence electrons. The van der Waals surface area contributed by atoms with Crippen molar-refractivity contribution in [3.8, 4) is 0 Å². The van der Waals surface area contributed by atoms with E-state index >= 15 is 0 Å². The van der Waals surface area contributed by atoms with E-state index in [-0.39, 0.29) is 66.5 Å². The Bertz CT molecular complexity index is 2250. The fraction of sp³-hybridized carbons (Fsp3) is 1.00. The van der Waals surface area contributed by atoms with E-state index in [1.165, 1.54) is 0 Å². The molecule has 0 aromatic rings. The van der Waals surface area contributed by atoms with E-state index in [2.05, 4.69) is 393 Å². The number of rotatable bonds is 0. The van der Waals surface area contributed by atoms with E-state index in [9.17, 15) is 0 Å². The van der Waals surface area contributed by atoms with E-state index in [0.29, 0.717) is 84.4 Å². The van der Waals surface area contributed by atoms with E-state index < -0.39 is 68.5 Å². The van der Waals surface area contributed by atoms with Gasteiger partial charge in [0.1, 0.15) is 0 Å². The van der Waals surface area contributed by atoms with Crippen molar-refractivity contribution < 1.29 is 0 Å². The SMILES string of the molecule is CC(C)(C)N1P2[Se]P3(=[Se])N(C(C)(C)C)P([Se]P4(=[Se])N(C(C)(C)C)P([Se]P5(=[Se])N(C(C)(C)C)P([Se]P6(=[Se])N(C(C)(C)C)P([Se]P7(=[Se])N(C(C)(C)C)P([Se]P1(=[Se])N2C(C)(C)C)N7C(C)(C)C)N6C(C)(C)C)N5C(C)(C)C)N4C(C)(C)C)N3C(C)(C)C. The van der Waals surface area contributed by atoms with Gasteiger partial charge in [-0.3, -0.25) is 0 Å². The predicted octanol–water partition coefficient (Wildman–Crippen LogP) is 18.0. The average molecular weight is 2170 g/mol. The zero-order chi connectivity index (χ0) is 65.6. The summed E-state index contributed by atoms with van der Waals surface area (Å²) in [6.07, 6.45) is 0. The van der Waals surface area contributed by atoms with Gasteiger partial charge in [0, 0.05) is 0 Å². The van der Waals surface area contributed by atoms with Gasteiger partial charge in [-0.1, -0.05) is 0 Å². The summed E-state index contributed by atoms with van der Waals surface area (Å²) < 4.78 is 27.2. The Balaban J connectivity index is 1.57. The Labute approximate surface area is 604 Å². The second-order valence-electron chi connectivity index (χ2n) is 34.5. The van der Waals surface area contributed by atoms with Crippen molar-refractivity contribution in [1.29, 1.82) is 0 Å². The van der Waals surface area contributed by atoms with Gasteiger partial charge in [0.15, 0.2) is 0 Å². The molecule has 22 saturated heterocycles. The summed E-state index contributed by atoms with van der Waals surface area (Å²) in [5.74, 6) is 0. The molecule has 12 bridgehead atoms. The molecule has 0 aromatic carbocycles. The molecule has 12 nitrogen and oxygen atoms in total. The van der Waals surface area contributed by atoms with E-state index in [1.54, 1.807) is 0 Å². The second-order valence-corrected chi connectivity index (χ2v) is 151. The molecule has 0 amide bonds. The van der Waals surface area contributed by atoms with Gasteiger partial charge in [0.05, 0.1) is 0 Å². The van der Waals surface area contributed by atoms with E-state index in [0.717, 1.165) is 0 Å². The Morgan fingerprint density at radius 1 is 0.167 bits per heavy atom. The predicted molar refractivity (Wildman–Crippen MR) is 411 cm³/mol. The number of hydrogen-bond acceptors (Lipinski definition) is 12. The molecule has 0 atom stereocenters. The van der Waals surface area contributed by atoms with Gasteiger partial charge in [-0.2, -0.15) is 0 Å². The standard InChI is InChI=1S/C48H108N12P12Se12/c1-37(2,3)49-61-50(38(4,5)6)67(49,73)80-62-51(39(7,8)9)69(75,52(62)40(10,11)12)82-64-55(43(19,20)21)71(77,56(64)44(22,23)24)84-66-59(47(31,32)33)72(78,60(66)48(34,35)36)83-65-57(45(25,26)27)70(76,58(65)46(28,29)30)81-63-53(41(13,14)15)68(74,79-61)54(63)42(16,17)18/h1-36H3. The summed E-state index contributed by atoms with van der Waals surface area (Å²) in [6, 6.07) is 0. The molecule has 22 aliphatic rings. The van der Waals surface area contributed by atoms with E-state index in [4.69, 9.17) is 0 Å². The third-order valence-corrected chi connectivity index (χ3v) is 207. The van der Waals surface area contributed by atoms with Gasteiger partial charge in [0.25, 0.3) is 0 Å². The van der Waals surface area contributed by atoms with Gasteiger partial charge in [-0.25, -0.2) is 0 Å². The van der Waals surface area contributed by atoms with Crippen molar-refractivity contribution >= 4 is 243 Å². The normalized spacial score (nSPS) is 39.1. The summed E-state index contributed by atoms with van der Waals surface area (Å²) >= 11 is 27.8. The topological polar surface area (TPSA) is 38.9 Å².